The second-order valence-corrected chi connectivity index (χ2v) is 8.04. The Morgan fingerprint density at radius 3 is 2.84 bits per heavy atom. The summed E-state index contributed by atoms with van der Waals surface area (Å²) >= 11 is 0. The Kier molecular flexibility index (Phi) is 4.80. The van der Waals surface area contributed by atoms with Crippen LogP contribution in [0.25, 0.3) is 11.0 Å². The molecule has 0 aromatic carbocycles. The second-order valence-electron chi connectivity index (χ2n) is 8.04. The van der Waals surface area contributed by atoms with Gasteiger partial charge in [0.2, 0.25) is 5.95 Å². The lowest BCUT2D eigenvalue weighted by atomic mass is 10.0. The van der Waals surface area contributed by atoms with Crippen molar-refractivity contribution in [2.75, 3.05) is 23.8 Å². The van der Waals surface area contributed by atoms with Crippen LogP contribution in [-0.2, 0) is 0 Å². The molecule has 0 atom stereocenters. The average Bonchev–Trinajstić information content (AvgIpc) is 3.28. The van der Waals surface area contributed by atoms with E-state index in [1.54, 1.807) is 23.8 Å². The van der Waals surface area contributed by atoms with Crippen molar-refractivity contribution in [1.29, 1.82) is 0 Å². The maximum absolute atomic E-state index is 13.3. The average molecular weight is 420 g/mol. The highest BCUT2D eigenvalue weighted by Crippen LogP contribution is 2.32. The number of aromatic nitrogens is 4. The molecule has 1 aliphatic heterocycles. The molecule has 4 heterocycles. The fourth-order valence-electron chi connectivity index (χ4n) is 4.51. The van der Waals surface area contributed by atoms with Gasteiger partial charge in [0.25, 0.3) is 5.56 Å². The summed E-state index contributed by atoms with van der Waals surface area (Å²) < 4.78 is 7.27. The molecule has 2 N–H and O–H groups in total. The Bertz CT molecular complexity index is 1250. The monoisotopic (exact) mass is 420 g/mol. The molecule has 0 saturated heterocycles. The van der Waals surface area contributed by atoms with Crippen LogP contribution in [0.3, 0.4) is 0 Å². The summed E-state index contributed by atoms with van der Waals surface area (Å²) in [4.78, 5) is 39.2. The van der Waals surface area contributed by atoms with E-state index in [1.165, 1.54) is 6.92 Å². The van der Waals surface area contributed by atoms with Gasteiger partial charge in [-0.25, -0.2) is 9.97 Å². The zero-order valence-electron chi connectivity index (χ0n) is 17.6. The third kappa shape index (κ3) is 3.39. The van der Waals surface area contributed by atoms with E-state index in [0.29, 0.717) is 47.7 Å². The number of hydrogen-bond acceptors (Lipinski definition) is 8. The van der Waals surface area contributed by atoms with Gasteiger partial charge in [0.15, 0.2) is 17.4 Å². The predicted octanol–water partition coefficient (Wildman–Crippen LogP) is 3.36. The number of fused-ring (bicyclic) bond motifs is 2. The van der Waals surface area contributed by atoms with Crippen LogP contribution in [0, 0.1) is 6.92 Å². The molecule has 3 aromatic heterocycles. The summed E-state index contributed by atoms with van der Waals surface area (Å²) in [5, 5.41) is 7.05. The molecule has 2 aliphatic rings. The fourth-order valence-corrected chi connectivity index (χ4v) is 4.51. The van der Waals surface area contributed by atoms with Gasteiger partial charge in [-0.2, -0.15) is 4.98 Å². The van der Waals surface area contributed by atoms with Crippen molar-refractivity contribution in [3.05, 3.63) is 39.8 Å². The lowest BCUT2D eigenvalue weighted by molar-refractivity contribution is 0.101. The Balaban J connectivity index is 1.61. The third-order valence-corrected chi connectivity index (χ3v) is 6.00. The minimum Gasteiger partial charge on any atom is -0.488 e. The van der Waals surface area contributed by atoms with Crippen molar-refractivity contribution in [1.82, 2.24) is 19.5 Å². The molecule has 0 unspecified atom stereocenters. The molecule has 5 rings (SSSR count). The second kappa shape index (κ2) is 7.64. The number of carbonyl (C=O) groups is 1. The van der Waals surface area contributed by atoms with Crippen LogP contribution in [-0.4, -0.2) is 38.5 Å². The van der Waals surface area contributed by atoms with Crippen molar-refractivity contribution in [2.24, 2.45) is 0 Å². The van der Waals surface area contributed by atoms with Gasteiger partial charge in [-0.3, -0.25) is 14.2 Å². The first-order chi connectivity index (χ1) is 15.0. The molecule has 3 aromatic rings. The number of aryl methyl sites for hydroxylation is 1. The number of ketones is 1. The van der Waals surface area contributed by atoms with E-state index in [9.17, 15) is 9.59 Å². The lowest BCUT2D eigenvalue weighted by Crippen LogP contribution is -2.30. The Morgan fingerprint density at radius 2 is 2.06 bits per heavy atom. The summed E-state index contributed by atoms with van der Waals surface area (Å²) in [5.74, 6) is 2.06. The summed E-state index contributed by atoms with van der Waals surface area (Å²) in [6, 6.07) is 3.68. The standard InChI is InChI=1S/C22H24N6O3/c1-12-15-11-24-22(26-17-8-7-16-19(25-17)23-9-10-31-16)27-20(15)28(14-5-3-4-6-14)21(30)18(12)13(2)29/h7-8,11,14H,3-6,9-10H2,1-2H3,(H2,23,24,25,26,27). The topological polar surface area (TPSA) is 111 Å². The van der Waals surface area contributed by atoms with Crippen LogP contribution in [0.1, 0.15) is 54.6 Å². The number of nitrogens with zero attached hydrogens (tertiary/aromatic N) is 4. The number of anilines is 3. The molecule has 9 heteroatoms. The molecule has 0 radical (unpaired) electrons. The molecule has 1 aliphatic carbocycles. The molecular weight excluding hydrogens is 396 g/mol. The first-order valence-corrected chi connectivity index (χ1v) is 10.6. The van der Waals surface area contributed by atoms with Gasteiger partial charge < -0.3 is 15.4 Å². The smallest absolute Gasteiger partial charge is 0.263 e. The lowest BCUT2D eigenvalue weighted by Gasteiger charge is -2.20. The van der Waals surface area contributed by atoms with Crippen LogP contribution in [0.15, 0.2) is 23.1 Å². The Morgan fingerprint density at radius 1 is 1.26 bits per heavy atom. The van der Waals surface area contributed by atoms with Crippen LogP contribution < -0.4 is 20.9 Å². The first kappa shape index (κ1) is 19.5. The minimum atomic E-state index is -0.262. The van der Waals surface area contributed by atoms with Crippen LogP contribution in [0.4, 0.5) is 17.6 Å². The highest BCUT2D eigenvalue weighted by molar-refractivity contribution is 5.99. The Hall–Kier alpha value is -3.49. The maximum Gasteiger partial charge on any atom is 0.263 e. The van der Waals surface area contributed by atoms with Crippen molar-refractivity contribution < 1.29 is 9.53 Å². The first-order valence-electron chi connectivity index (χ1n) is 10.6. The summed E-state index contributed by atoms with van der Waals surface area (Å²) in [5.41, 5.74) is 1.14. The highest BCUT2D eigenvalue weighted by atomic mass is 16.5. The summed E-state index contributed by atoms with van der Waals surface area (Å²) in [6.07, 6.45) is 5.61. The number of hydrogen-bond donors (Lipinski definition) is 2. The van der Waals surface area contributed by atoms with Gasteiger partial charge >= 0.3 is 0 Å². The number of Topliss-reactive ketones (excluding diaryl/α,β-unsaturated/α-hetero) is 1. The fraction of sp³-hybridized carbons (Fsp3) is 0.409. The van der Waals surface area contributed by atoms with Crippen LogP contribution in [0.5, 0.6) is 5.75 Å². The van der Waals surface area contributed by atoms with E-state index in [2.05, 4.69) is 25.6 Å². The van der Waals surface area contributed by atoms with Crippen molar-refractivity contribution >= 4 is 34.4 Å². The molecule has 0 amide bonds. The maximum atomic E-state index is 13.3. The zero-order chi connectivity index (χ0) is 21.5. The molecule has 160 valence electrons. The Labute approximate surface area is 178 Å². The number of rotatable bonds is 4. The van der Waals surface area contributed by atoms with Crippen molar-refractivity contribution in [3.63, 3.8) is 0 Å². The normalized spacial score (nSPS) is 15.9. The molecular formula is C22H24N6O3. The molecule has 9 nitrogen and oxygen atoms in total. The number of nitrogens with one attached hydrogen (secondary N) is 2. The molecule has 1 fully saturated rings. The molecule has 1 saturated carbocycles. The molecule has 31 heavy (non-hydrogen) atoms. The van der Waals surface area contributed by atoms with E-state index >= 15 is 0 Å². The number of carbonyl (C=O) groups excluding carboxylic acids is 1. The van der Waals surface area contributed by atoms with Gasteiger partial charge in [-0.1, -0.05) is 12.8 Å². The van der Waals surface area contributed by atoms with Crippen LogP contribution in [0.2, 0.25) is 0 Å². The quantitative estimate of drug-likeness (QED) is 0.618. The van der Waals surface area contributed by atoms with Gasteiger partial charge in [0, 0.05) is 17.6 Å². The molecule has 0 bridgehead atoms. The number of ether oxygens (including phenoxy) is 1. The SMILES string of the molecule is CC(=O)c1c(C)c2cnc(Nc3ccc4c(n3)NCCO4)nc2n(C2CCCC2)c1=O. The van der Waals surface area contributed by atoms with Crippen molar-refractivity contribution in [2.45, 2.75) is 45.6 Å². The van der Waals surface area contributed by atoms with E-state index in [-0.39, 0.29) is 22.9 Å². The predicted molar refractivity (Wildman–Crippen MR) is 118 cm³/mol. The van der Waals surface area contributed by atoms with E-state index < -0.39 is 0 Å². The molecule has 0 spiro atoms. The summed E-state index contributed by atoms with van der Waals surface area (Å²) in [7, 11) is 0. The highest BCUT2D eigenvalue weighted by Gasteiger charge is 2.26. The van der Waals surface area contributed by atoms with E-state index in [4.69, 9.17) is 4.74 Å². The van der Waals surface area contributed by atoms with Crippen molar-refractivity contribution in [3.8, 4) is 5.75 Å². The minimum absolute atomic E-state index is 0.0414. The van der Waals surface area contributed by atoms with Gasteiger partial charge in [0.05, 0.1) is 12.1 Å². The number of pyridine rings is 2. The largest absolute Gasteiger partial charge is 0.488 e. The van der Waals surface area contributed by atoms with E-state index in [1.807, 2.05) is 6.07 Å². The third-order valence-electron chi connectivity index (χ3n) is 6.00. The zero-order valence-corrected chi connectivity index (χ0v) is 17.6. The van der Waals surface area contributed by atoms with E-state index in [0.717, 1.165) is 31.1 Å². The van der Waals surface area contributed by atoms with Gasteiger partial charge in [-0.15, -0.1) is 0 Å². The van der Waals surface area contributed by atoms with Gasteiger partial charge in [-0.05, 0) is 44.4 Å². The van der Waals surface area contributed by atoms with Crippen LogP contribution >= 0.6 is 0 Å². The summed E-state index contributed by atoms with van der Waals surface area (Å²) in [6.45, 7) is 4.52. The van der Waals surface area contributed by atoms with Gasteiger partial charge in [0.1, 0.15) is 18.1 Å².